The maximum atomic E-state index is 13.2. The first-order valence-electron chi connectivity index (χ1n) is 10.9. The minimum atomic E-state index is -4.89. The normalized spacial score (nSPS) is 15.2. The van der Waals surface area contributed by atoms with Gasteiger partial charge in [0.25, 0.3) is 0 Å². The second kappa shape index (κ2) is 11.1. The van der Waals surface area contributed by atoms with Gasteiger partial charge in [0.15, 0.2) is 5.69 Å². The standard InChI is InChI=1S/C22H26ClF3N4O4/c1-3-33-16-9-13(10-17(18(16)23)34-4-2)12-30-7-5-14(6-8-30)28-21-27-11-15(20(31)32)19(29-21)22(24,25)26/h9-11,14H,3-8,12H2,1-2H3,(H,31,32)(H,27,28,29). The SMILES string of the molecule is CCOc1cc(CN2CCC(Nc3ncc(C(=O)O)c(C(F)(F)F)n3)CC2)cc(OCC)c1Cl. The summed E-state index contributed by atoms with van der Waals surface area (Å²) in [5, 5.41) is 12.3. The van der Waals surface area contributed by atoms with Gasteiger partial charge in [0.1, 0.15) is 22.1 Å². The number of hydrogen-bond acceptors (Lipinski definition) is 7. The zero-order valence-electron chi connectivity index (χ0n) is 18.8. The third-order valence-electron chi connectivity index (χ3n) is 5.28. The topological polar surface area (TPSA) is 96.8 Å². The number of rotatable bonds is 9. The van der Waals surface area contributed by atoms with Crippen LogP contribution < -0.4 is 14.8 Å². The fraction of sp³-hybridized carbons (Fsp3) is 0.500. The van der Waals surface area contributed by atoms with Crippen LogP contribution in [0.15, 0.2) is 18.3 Å². The van der Waals surface area contributed by atoms with E-state index in [4.69, 9.17) is 26.2 Å². The number of anilines is 1. The molecule has 0 bridgehead atoms. The Morgan fingerprint density at radius 3 is 2.29 bits per heavy atom. The number of ether oxygens (including phenoxy) is 2. The third kappa shape index (κ3) is 6.41. The van der Waals surface area contributed by atoms with Crippen molar-refractivity contribution in [2.24, 2.45) is 0 Å². The Balaban J connectivity index is 1.64. The van der Waals surface area contributed by atoms with Crippen molar-refractivity contribution >= 4 is 23.5 Å². The molecular weight excluding hydrogens is 477 g/mol. The summed E-state index contributed by atoms with van der Waals surface area (Å²) in [5.74, 6) is -0.848. The highest BCUT2D eigenvalue weighted by atomic mass is 35.5. The molecule has 12 heteroatoms. The predicted octanol–water partition coefficient (Wildman–Crippen LogP) is 4.72. The highest BCUT2D eigenvalue weighted by Crippen LogP contribution is 2.36. The lowest BCUT2D eigenvalue weighted by molar-refractivity contribution is -0.141. The van der Waals surface area contributed by atoms with Crippen molar-refractivity contribution in [2.75, 3.05) is 31.6 Å². The Bertz CT molecular complexity index is 987. The number of halogens is 4. The zero-order valence-corrected chi connectivity index (χ0v) is 19.5. The van der Waals surface area contributed by atoms with Crippen molar-refractivity contribution in [1.82, 2.24) is 14.9 Å². The molecule has 2 heterocycles. The Morgan fingerprint density at radius 2 is 1.79 bits per heavy atom. The van der Waals surface area contributed by atoms with Gasteiger partial charge in [-0.2, -0.15) is 13.2 Å². The number of aromatic carboxylic acids is 1. The minimum Gasteiger partial charge on any atom is -0.492 e. The summed E-state index contributed by atoms with van der Waals surface area (Å²) in [5.41, 5.74) is -1.47. The summed E-state index contributed by atoms with van der Waals surface area (Å²) in [6.45, 7) is 6.69. The molecule has 0 aliphatic carbocycles. The molecule has 1 saturated heterocycles. The molecule has 1 aromatic carbocycles. The molecule has 1 aliphatic heterocycles. The van der Waals surface area contributed by atoms with Crippen LogP contribution in [0.4, 0.5) is 19.1 Å². The average molecular weight is 503 g/mol. The predicted molar refractivity (Wildman–Crippen MR) is 120 cm³/mol. The largest absolute Gasteiger partial charge is 0.492 e. The van der Waals surface area contributed by atoms with E-state index in [2.05, 4.69) is 20.2 Å². The molecule has 0 radical (unpaired) electrons. The molecule has 0 spiro atoms. The smallest absolute Gasteiger partial charge is 0.434 e. The van der Waals surface area contributed by atoms with Crippen molar-refractivity contribution in [3.8, 4) is 11.5 Å². The number of hydrogen-bond donors (Lipinski definition) is 2. The molecule has 0 saturated carbocycles. The van der Waals surface area contributed by atoms with Crippen LogP contribution in [-0.2, 0) is 12.7 Å². The fourth-order valence-corrected chi connectivity index (χ4v) is 3.96. The van der Waals surface area contributed by atoms with Gasteiger partial charge in [-0.15, -0.1) is 0 Å². The van der Waals surface area contributed by atoms with Crippen molar-refractivity contribution < 1.29 is 32.5 Å². The van der Waals surface area contributed by atoms with Gasteiger partial charge in [-0.05, 0) is 44.4 Å². The first-order valence-corrected chi connectivity index (χ1v) is 11.2. The Labute approximate surface area is 200 Å². The molecule has 0 atom stereocenters. The van der Waals surface area contributed by atoms with Gasteiger partial charge in [-0.1, -0.05) is 11.6 Å². The van der Waals surface area contributed by atoms with E-state index >= 15 is 0 Å². The second-order valence-corrected chi connectivity index (χ2v) is 8.10. The lowest BCUT2D eigenvalue weighted by atomic mass is 10.0. The van der Waals surface area contributed by atoms with E-state index in [1.54, 1.807) is 0 Å². The molecule has 2 aromatic rings. The van der Waals surface area contributed by atoms with Crippen LogP contribution in [0.2, 0.25) is 5.02 Å². The van der Waals surface area contributed by atoms with Crippen molar-refractivity contribution in [3.05, 3.63) is 40.2 Å². The second-order valence-electron chi connectivity index (χ2n) is 7.73. The van der Waals surface area contributed by atoms with Crippen LogP contribution >= 0.6 is 11.6 Å². The number of carboxylic acid groups (broad SMARTS) is 1. The van der Waals surface area contributed by atoms with Gasteiger partial charge in [-0.3, -0.25) is 4.90 Å². The van der Waals surface area contributed by atoms with Crippen LogP contribution in [0.3, 0.4) is 0 Å². The summed E-state index contributed by atoms with van der Waals surface area (Å²) in [7, 11) is 0. The van der Waals surface area contributed by atoms with E-state index in [-0.39, 0.29) is 12.0 Å². The van der Waals surface area contributed by atoms with Crippen LogP contribution in [0.5, 0.6) is 11.5 Å². The molecule has 0 unspecified atom stereocenters. The van der Waals surface area contributed by atoms with Gasteiger partial charge >= 0.3 is 12.1 Å². The van der Waals surface area contributed by atoms with Gasteiger partial charge in [-0.25, -0.2) is 14.8 Å². The highest BCUT2D eigenvalue weighted by molar-refractivity contribution is 6.33. The molecule has 2 N–H and O–H groups in total. The van der Waals surface area contributed by atoms with Gasteiger partial charge in [0.05, 0.1) is 13.2 Å². The number of aromatic nitrogens is 2. The first kappa shape index (κ1) is 25.8. The third-order valence-corrected chi connectivity index (χ3v) is 5.65. The molecule has 3 rings (SSSR count). The molecule has 1 aromatic heterocycles. The number of piperidine rings is 1. The summed E-state index contributed by atoms with van der Waals surface area (Å²) in [6, 6.07) is 3.63. The van der Waals surface area contributed by atoms with E-state index in [0.717, 1.165) is 5.56 Å². The maximum Gasteiger partial charge on any atom is 0.434 e. The maximum absolute atomic E-state index is 13.2. The Hall–Kier alpha value is -2.79. The summed E-state index contributed by atoms with van der Waals surface area (Å²) >= 11 is 6.36. The number of benzene rings is 1. The van der Waals surface area contributed by atoms with E-state index in [9.17, 15) is 18.0 Å². The minimum absolute atomic E-state index is 0.142. The van der Waals surface area contributed by atoms with Gasteiger partial charge in [0.2, 0.25) is 5.95 Å². The molecule has 34 heavy (non-hydrogen) atoms. The summed E-state index contributed by atoms with van der Waals surface area (Å²) in [4.78, 5) is 20.5. The first-order chi connectivity index (χ1) is 16.1. The van der Waals surface area contributed by atoms with Crippen LogP contribution in [0.25, 0.3) is 0 Å². The number of carboxylic acids is 1. The quantitative estimate of drug-likeness (QED) is 0.508. The number of carbonyl (C=O) groups is 1. The van der Waals surface area contributed by atoms with E-state index in [0.29, 0.717) is 68.4 Å². The summed E-state index contributed by atoms with van der Waals surface area (Å²) < 4.78 is 50.8. The monoisotopic (exact) mass is 502 g/mol. The van der Waals surface area contributed by atoms with E-state index in [1.165, 1.54) is 0 Å². The molecule has 8 nitrogen and oxygen atoms in total. The van der Waals surface area contributed by atoms with E-state index < -0.39 is 23.4 Å². The molecule has 186 valence electrons. The number of nitrogens with one attached hydrogen (secondary N) is 1. The van der Waals surface area contributed by atoms with Gasteiger partial charge in [0, 0.05) is 31.9 Å². The molecular formula is C22H26ClF3N4O4. The number of alkyl halides is 3. The van der Waals surface area contributed by atoms with Crippen LogP contribution in [-0.4, -0.2) is 58.3 Å². The zero-order chi connectivity index (χ0) is 24.9. The van der Waals surface area contributed by atoms with Gasteiger partial charge < -0.3 is 19.9 Å². The molecule has 0 amide bonds. The van der Waals surface area contributed by atoms with Crippen LogP contribution in [0, 0.1) is 0 Å². The summed E-state index contributed by atoms with van der Waals surface area (Å²) in [6.07, 6.45) is -2.91. The van der Waals surface area contributed by atoms with Crippen molar-refractivity contribution in [1.29, 1.82) is 0 Å². The molecule has 1 aliphatic rings. The van der Waals surface area contributed by atoms with Crippen LogP contribution in [0.1, 0.15) is 48.3 Å². The average Bonchev–Trinajstić information content (AvgIpc) is 2.78. The number of likely N-dealkylation sites (tertiary alicyclic amines) is 1. The Kier molecular flexibility index (Phi) is 8.42. The highest BCUT2D eigenvalue weighted by Gasteiger charge is 2.38. The number of nitrogens with zero attached hydrogens (tertiary/aromatic N) is 3. The fourth-order valence-electron chi connectivity index (χ4n) is 3.74. The van der Waals surface area contributed by atoms with E-state index in [1.807, 2.05) is 26.0 Å². The van der Waals surface area contributed by atoms with Crippen molar-refractivity contribution in [3.63, 3.8) is 0 Å². The lowest BCUT2D eigenvalue weighted by Crippen LogP contribution is -2.39. The van der Waals surface area contributed by atoms with Crippen molar-refractivity contribution in [2.45, 2.75) is 45.5 Å². The molecule has 1 fully saturated rings. The Morgan fingerprint density at radius 1 is 1.21 bits per heavy atom. The lowest BCUT2D eigenvalue weighted by Gasteiger charge is -2.32.